The standard InChI is InChI=1S/C16H23F2NO2/c1-11(10-19-16(2,3)4)8-12-6-7-13(20-5)14(9-12)21-15(17)18/h6-9,15,19H,10H2,1-5H3. The summed E-state index contributed by atoms with van der Waals surface area (Å²) in [4.78, 5) is 0. The molecule has 0 spiro atoms. The fourth-order valence-electron chi connectivity index (χ4n) is 1.71. The Bertz CT molecular complexity index is 494. The Morgan fingerprint density at radius 2 is 1.95 bits per heavy atom. The lowest BCUT2D eigenvalue weighted by Gasteiger charge is -2.20. The highest BCUT2D eigenvalue weighted by Gasteiger charge is 2.11. The monoisotopic (exact) mass is 299 g/mol. The van der Waals surface area contributed by atoms with Crippen molar-refractivity contribution in [2.24, 2.45) is 0 Å². The first kappa shape index (κ1) is 17.4. The second kappa shape index (κ2) is 7.41. The fraction of sp³-hybridized carbons (Fsp3) is 0.500. The quantitative estimate of drug-likeness (QED) is 0.858. The zero-order valence-electron chi connectivity index (χ0n) is 13.2. The van der Waals surface area contributed by atoms with E-state index in [9.17, 15) is 8.78 Å². The van der Waals surface area contributed by atoms with Crippen LogP contribution in [0.2, 0.25) is 0 Å². The van der Waals surface area contributed by atoms with Crippen molar-refractivity contribution in [3.05, 3.63) is 29.3 Å². The van der Waals surface area contributed by atoms with Crippen LogP contribution in [-0.2, 0) is 0 Å². The van der Waals surface area contributed by atoms with Crippen molar-refractivity contribution in [3.8, 4) is 11.5 Å². The maximum atomic E-state index is 12.4. The highest BCUT2D eigenvalue weighted by molar-refractivity contribution is 5.58. The van der Waals surface area contributed by atoms with E-state index in [0.717, 1.165) is 17.7 Å². The number of ether oxygens (including phenoxy) is 2. The average molecular weight is 299 g/mol. The van der Waals surface area contributed by atoms with Crippen LogP contribution in [-0.4, -0.2) is 25.8 Å². The van der Waals surface area contributed by atoms with Gasteiger partial charge in [-0.25, -0.2) is 0 Å². The third-order valence-corrected chi connectivity index (χ3v) is 2.71. The van der Waals surface area contributed by atoms with Gasteiger partial charge in [0, 0.05) is 12.1 Å². The van der Waals surface area contributed by atoms with Gasteiger partial charge >= 0.3 is 6.61 Å². The molecule has 0 amide bonds. The van der Waals surface area contributed by atoms with Gasteiger partial charge in [0.15, 0.2) is 11.5 Å². The van der Waals surface area contributed by atoms with Crippen molar-refractivity contribution in [1.82, 2.24) is 5.32 Å². The molecule has 0 atom stereocenters. The van der Waals surface area contributed by atoms with E-state index in [1.165, 1.54) is 7.11 Å². The van der Waals surface area contributed by atoms with Crippen LogP contribution in [0.25, 0.3) is 6.08 Å². The number of rotatable bonds is 6. The molecule has 1 rings (SSSR count). The Morgan fingerprint density at radius 1 is 1.29 bits per heavy atom. The maximum absolute atomic E-state index is 12.4. The summed E-state index contributed by atoms with van der Waals surface area (Å²) in [6.07, 6.45) is 1.93. The van der Waals surface area contributed by atoms with Gasteiger partial charge in [0.2, 0.25) is 0 Å². The minimum absolute atomic E-state index is 0.0267. The molecule has 0 radical (unpaired) electrons. The summed E-state index contributed by atoms with van der Waals surface area (Å²) >= 11 is 0. The van der Waals surface area contributed by atoms with Gasteiger partial charge in [0.1, 0.15) is 0 Å². The summed E-state index contributed by atoms with van der Waals surface area (Å²) in [5, 5.41) is 3.37. The molecule has 1 aromatic carbocycles. The highest BCUT2D eigenvalue weighted by Crippen LogP contribution is 2.30. The predicted octanol–water partition coefficient (Wildman–Crippen LogP) is 4.09. The Morgan fingerprint density at radius 3 is 2.48 bits per heavy atom. The molecular weight excluding hydrogens is 276 g/mol. The van der Waals surface area contributed by atoms with Crippen LogP contribution in [0.5, 0.6) is 11.5 Å². The van der Waals surface area contributed by atoms with E-state index in [1.54, 1.807) is 18.2 Å². The van der Waals surface area contributed by atoms with Gasteiger partial charge in [-0.3, -0.25) is 0 Å². The molecule has 3 nitrogen and oxygen atoms in total. The lowest BCUT2D eigenvalue weighted by Crippen LogP contribution is -2.36. The van der Waals surface area contributed by atoms with E-state index >= 15 is 0 Å². The normalized spacial score (nSPS) is 12.7. The molecule has 0 bridgehead atoms. The van der Waals surface area contributed by atoms with E-state index in [4.69, 9.17) is 4.74 Å². The number of nitrogens with one attached hydrogen (secondary N) is 1. The molecule has 0 aliphatic rings. The SMILES string of the molecule is COc1ccc(C=C(C)CNC(C)(C)C)cc1OC(F)F. The number of halogens is 2. The lowest BCUT2D eigenvalue weighted by molar-refractivity contribution is -0.0512. The molecule has 1 N–H and O–H groups in total. The average Bonchev–Trinajstić information content (AvgIpc) is 2.35. The van der Waals surface area contributed by atoms with Crippen molar-refractivity contribution in [2.45, 2.75) is 39.8 Å². The summed E-state index contributed by atoms with van der Waals surface area (Å²) in [7, 11) is 1.42. The molecule has 0 saturated heterocycles. The summed E-state index contributed by atoms with van der Waals surface area (Å²) < 4.78 is 34.2. The van der Waals surface area contributed by atoms with E-state index in [2.05, 4.69) is 30.8 Å². The first-order valence-electron chi connectivity index (χ1n) is 6.76. The zero-order chi connectivity index (χ0) is 16.0. The molecule has 0 aliphatic heterocycles. The molecule has 21 heavy (non-hydrogen) atoms. The smallest absolute Gasteiger partial charge is 0.387 e. The van der Waals surface area contributed by atoms with Crippen molar-refractivity contribution < 1.29 is 18.3 Å². The molecule has 0 fully saturated rings. The van der Waals surface area contributed by atoms with Crippen molar-refractivity contribution in [1.29, 1.82) is 0 Å². The number of benzene rings is 1. The predicted molar refractivity (Wildman–Crippen MR) is 81.0 cm³/mol. The van der Waals surface area contributed by atoms with Gasteiger partial charge in [-0.15, -0.1) is 0 Å². The number of alkyl halides is 2. The molecule has 118 valence electrons. The summed E-state index contributed by atoms with van der Waals surface area (Å²) in [5.74, 6) is 0.329. The molecule has 0 aromatic heterocycles. The Balaban J connectivity index is 2.87. The zero-order valence-corrected chi connectivity index (χ0v) is 13.2. The maximum Gasteiger partial charge on any atom is 0.387 e. The second-order valence-electron chi connectivity index (χ2n) is 5.88. The molecule has 0 aliphatic carbocycles. The lowest BCUT2D eigenvalue weighted by atomic mass is 10.1. The van der Waals surface area contributed by atoms with E-state index in [0.29, 0.717) is 0 Å². The van der Waals surface area contributed by atoms with Crippen LogP contribution >= 0.6 is 0 Å². The molecule has 0 saturated carbocycles. The van der Waals surface area contributed by atoms with Gasteiger partial charge < -0.3 is 14.8 Å². The topological polar surface area (TPSA) is 30.5 Å². The number of hydrogen-bond donors (Lipinski definition) is 1. The minimum atomic E-state index is -2.87. The summed E-state index contributed by atoms with van der Waals surface area (Å²) in [5.41, 5.74) is 1.91. The van der Waals surface area contributed by atoms with E-state index < -0.39 is 6.61 Å². The summed E-state index contributed by atoms with van der Waals surface area (Å²) in [6.45, 7) is 6.09. The third kappa shape index (κ3) is 6.58. The number of methoxy groups -OCH3 is 1. The molecule has 5 heteroatoms. The van der Waals surface area contributed by atoms with Crippen molar-refractivity contribution in [3.63, 3.8) is 0 Å². The van der Waals surface area contributed by atoms with Gasteiger partial charge in [0.05, 0.1) is 7.11 Å². The Labute approximate surface area is 124 Å². The largest absolute Gasteiger partial charge is 0.493 e. The van der Waals surface area contributed by atoms with Gasteiger partial charge in [-0.1, -0.05) is 17.7 Å². The van der Waals surface area contributed by atoms with Crippen LogP contribution in [0.4, 0.5) is 8.78 Å². The first-order chi connectivity index (χ1) is 9.71. The molecule has 0 heterocycles. The molecule has 0 unspecified atom stereocenters. The van der Waals surface area contributed by atoms with Gasteiger partial charge in [-0.05, 0) is 45.4 Å². The molecular formula is C16H23F2NO2. The summed E-state index contributed by atoms with van der Waals surface area (Å²) in [6, 6.07) is 4.97. The van der Waals surface area contributed by atoms with Crippen LogP contribution in [0.1, 0.15) is 33.3 Å². The minimum Gasteiger partial charge on any atom is -0.493 e. The van der Waals surface area contributed by atoms with Crippen LogP contribution < -0.4 is 14.8 Å². The third-order valence-electron chi connectivity index (χ3n) is 2.71. The van der Waals surface area contributed by atoms with Crippen molar-refractivity contribution in [2.75, 3.05) is 13.7 Å². The van der Waals surface area contributed by atoms with Crippen molar-refractivity contribution >= 4 is 6.08 Å². The number of hydrogen-bond acceptors (Lipinski definition) is 3. The van der Waals surface area contributed by atoms with Gasteiger partial charge in [0.25, 0.3) is 0 Å². The first-order valence-corrected chi connectivity index (χ1v) is 6.76. The highest BCUT2D eigenvalue weighted by atomic mass is 19.3. The van der Waals surface area contributed by atoms with E-state index in [1.807, 2.05) is 13.0 Å². The molecule has 1 aromatic rings. The van der Waals surface area contributed by atoms with Crippen LogP contribution in [0.3, 0.4) is 0 Å². The van der Waals surface area contributed by atoms with E-state index in [-0.39, 0.29) is 17.0 Å². The Kier molecular flexibility index (Phi) is 6.15. The van der Waals surface area contributed by atoms with Gasteiger partial charge in [-0.2, -0.15) is 8.78 Å². The van der Waals surface area contributed by atoms with Crippen LogP contribution in [0, 0.1) is 0 Å². The fourth-order valence-corrected chi connectivity index (χ4v) is 1.71. The second-order valence-corrected chi connectivity index (χ2v) is 5.88. The Hall–Kier alpha value is -1.62. The van der Waals surface area contributed by atoms with Crippen LogP contribution in [0.15, 0.2) is 23.8 Å².